The maximum absolute atomic E-state index is 12.8. The quantitative estimate of drug-likeness (QED) is 0.747. The minimum Gasteiger partial charge on any atom is -0.477 e. The Hall–Kier alpha value is -1.86. The van der Waals surface area contributed by atoms with Crippen LogP contribution in [0.5, 0.6) is 11.8 Å². The van der Waals surface area contributed by atoms with E-state index in [9.17, 15) is 4.79 Å². The van der Waals surface area contributed by atoms with Crippen LogP contribution in [0.1, 0.15) is 23.2 Å². The molecule has 0 radical (unpaired) electrons. The van der Waals surface area contributed by atoms with Crippen molar-refractivity contribution >= 4 is 33.4 Å². The molecule has 1 aliphatic heterocycles. The van der Waals surface area contributed by atoms with Crippen LogP contribution in [-0.2, 0) is 0 Å². The molecule has 3 rings (SSSR count). The summed E-state index contributed by atoms with van der Waals surface area (Å²) >= 11 is 9.56. The lowest BCUT2D eigenvalue weighted by Gasteiger charge is -2.33. The van der Waals surface area contributed by atoms with Gasteiger partial charge in [0.15, 0.2) is 0 Å². The van der Waals surface area contributed by atoms with Gasteiger partial charge in [-0.3, -0.25) is 4.79 Å². The topological polar surface area (TPSA) is 64.6 Å². The summed E-state index contributed by atoms with van der Waals surface area (Å²) in [4.78, 5) is 22.8. The fraction of sp³-hybridized carbons (Fsp3) is 0.353. The SMILES string of the molecule is COc1nccnc1OC1CCCN(C(=O)c2cc(Br)ccc2Cl)C1. The van der Waals surface area contributed by atoms with Crippen LogP contribution >= 0.6 is 27.5 Å². The Morgan fingerprint density at radius 2 is 2.08 bits per heavy atom. The second-order valence-corrected chi connectivity index (χ2v) is 6.95. The van der Waals surface area contributed by atoms with Gasteiger partial charge in [-0.25, -0.2) is 9.97 Å². The van der Waals surface area contributed by atoms with E-state index in [1.54, 1.807) is 23.2 Å². The van der Waals surface area contributed by atoms with Crippen molar-refractivity contribution in [3.8, 4) is 11.8 Å². The predicted octanol–water partition coefficient (Wildman–Crippen LogP) is 3.58. The van der Waals surface area contributed by atoms with Gasteiger partial charge in [0.05, 0.1) is 24.2 Å². The standard InChI is InChI=1S/C17H17BrClN3O3/c1-24-15-16(21-7-6-20-15)25-12-3-2-8-22(10-12)17(23)13-9-11(18)4-5-14(13)19/h4-7,9,12H,2-3,8,10H2,1H3. The number of ether oxygens (including phenoxy) is 2. The third-order valence-corrected chi connectivity index (χ3v) is 4.75. The number of carbonyl (C=O) groups is 1. The lowest BCUT2D eigenvalue weighted by atomic mass is 10.1. The molecular weight excluding hydrogens is 410 g/mol. The van der Waals surface area contributed by atoms with Gasteiger partial charge in [-0.1, -0.05) is 27.5 Å². The zero-order chi connectivity index (χ0) is 17.8. The van der Waals surface area contributed by atoms with Crippen molar-refractivity contribution in [1.29, 1.82) is 0 Å². The van der Waals surface area contributed by atoms with Gasteiger partial charge in [0, 0.05) is 23.4 Å². The van der Waals surface area contributed by atoms with E-state index in [1.165, 1.54) is 13.3 Å². The number of benzene rings is 1. The Balaban J connectivity index is 1.72. The highest BCUT2D eigenvalue weighted by Crippen LogP contribution is 2.26. The van der Waals surface area contributed by atoms with Crippen molar-refractivity contribution in [1.82, 2.24) is 14.9 Å². The third-order valence-electron chi connectivity index (χ3n) is 3.93. The number of hydrogen-bond donors (Lipinski definition) is 0. The fourth-order valence-corrected chi connectivity index (χ4v) is 3.30. The maximum Gasteiger partial charge on any atom is 0.278 e. The van der Waals surface area contributed by atoms with Crippen LogP contribution in [0.25, 0.3) is 0 Å². The molecule has 1 fully saturated rings. The number of likely N-dealkylation sites (tertiary alicyclic amines) is 1. The summed E-state index contributed by atoms with van der Waals surface area (Å²) < 4.78 is 11.9. The predicted molar refractivity (Wildman–Crippen MR) is 97.3 cm³/mol. The monoisotopic (exact) mass is 425 g/mol. The largest absolute Gasteiger partial charge is 0.477 e. The smallest absolute Gasteiger partial charge is 0.278 e. The van der Waals surface area contributed by atoms with Crippen LogP contribution in [0, 0.1) is 0 Å². The molecule has 1 unspecified atom stereocenters. The molecule has 1 aliphatic rings. The minimum atomic E-state index is -0.172. The number of amides is 1. The van der Waals surface area contributed by atoms with Gasteiger partial charge in [-0.2, -0.15) is 0 Å². The van der Waals surface area contributed by atoms with Crippen molar-refractivity contribution in [2.75, 3.05) is 20.2 Å². The Bertz CT molecular complexity index is 775. The normalized spacial score (nSPS) is 17.2. The molecule has 132 valence electrons. The second kappa shape index (κ2) is 8.01. The molecule has 6 nitrogen and oxygen atoms in total. The lowest BCUT2D eigenvalue weighted by Crippen LogP contribution is -2.44. The average Bonchev–Trinajstić information content (AvgIpc) is 2.64. The van der Waals surface area contributed by atoms with Gasteiger partial charge in [-0.05, 0) is 31.0 Å². The first-order chi connectivity index (χ1) is 12.1. The van der Waals surface area contributed by atoms with E-state index in [0.29, 0.717) is 35.4 Å². The van der Waals surface area contributed by atoms with Crippen LogP contribution < -0.4 is 9.47 Å². The van der Waals surface area contributed by atoms with Gasteiger partial charge < -0.3 is 14.4 Å². The summed E-state index contributed by atoms with van der Waals surface area (Å²) in [6.07, 6.45) is 4.58. The molecular formula is C17H17BrClN3O3. The van der Waals surface area contributed by atoms with Crippen LogP contribution in [0.4, 0.5) is 0 Å². The number of aromatic nitrogens is 2. The number of methoxy groups -OCH3 is 1. The Kier molecular flexibility index (Phi) is 5.75. The zero-order valence-corrected chi connectivity index (χ0v) is 16.0. The molecule has 1 aromatic heterocycles. The van der Waals surface area contributed by atoms with Gasteiger partial charge in [0.1, 0.15) is 6.10 Å². The van der Waals surface area contributed by atoms with Crippen molar-refractivity contribution in [3.05, 3.63) is 45.7 Å². The first-order valence-corrected chi connectivity index (χ1v) is 9.01. The van der Waals surface area contributed by atoms with E-state index >= 15 is 0 Å². The summed E-state index contributed by atoms with van der Waals surface area (Å²) in [7, 11) is 1.52. The van der Waals surface area contributed by atoms with E-state index in [0.717, 1.165) is 17.3 Å². The van der Waals surface area contributed by atoms with Gasteiger partial charge in [-0.15, -0.1) is 0 Å². The second-order valence-electron chi connectivity index (χ2n) is 5.63. The molecule has 2 heterocycles. The minimum absolute atomic E-state index is 0.106. The molecule has 1 saturated heterocycles. The first kappa shape index (κ1) is 17.9. The Morgan fingerprint density at radius 1 is 1.32 bits per heavy atom. The number of hydrogen-bond acceptors (Lipinski definition) is 5. The zero-order valence-electron chi connectivity index (χ0n) is 13.6. The molecule has 1 amide bonds. The summed E-state index contributed by atoms with van der Waals surface area (Å²) in [5.41, 5.74) is 0.480. The first-order valence-electron chi connectivity index (χ1n) is 7.84. The van der Waals surface area contributed by atoms with Crippen LogP contribution in [0.15, 0.2) is 35.1 Å². The highest BCUT2D eigenvalue weighted by atomic mass is 79.9. The van der Waals surface area contributed by atoms with E-state index < -0.39 is 0 Å². The lowest BCUT2D eigenvalue weighted by molar-refractivity contribution is 0.0519. The number of piperidine rings is 1. The van der Waals surface area contributed by atoms with Crippen molar-refractivity contribution in [3.63, 3.8) is 0 Å². The summed E-state index contributed by atoms with van der Waals surface area (Å²) in [5, 5.41) is 0.437. The molecule has 25 heavy (non-hydrogen) atoms. The molecule has 0 bridgehead atoms. The van der Waals surface area contributed by atoms with E-state index in [2.05, 4.69) is 25.9 Å². The molecule has 1 aromatic carbocycles. The highest BCUT2D eigenvalue weighted by Gasteiger charge is 2.28. The average molecular weight is 427 g/mol. The number of nitrogens with zero attached hydrogens (tertiary/aromatic N) is 3. The summed E-state index contributed by atoms with van der Waals surface area (Å²) in [6.45, 7) is 1.13. The fourth-order valence-electron chi connectivity index (χ4n) is 2.74. The van der Waals surface area contributed by atoms with Crippen LogP contribution in [-0.4, -0.2) is 47.1 Å². The van der Waals surface area contributed by atoms with Gasteiger partial charge in [0.25, 0.3) is 17.7 Å². The van der Waals surface area contributed by atoms with Crippen molar-refractivity contribution in [2.45, 2.75) is 18.9 Å². The summed E-state index contributed by atoms with van der Waals surface area (Å²) in [6, 6.07) is 5.25. The third kappa shape index (κ3) is 4.22. The highest BCUT2D eigenvalue weighted by molar-refractivity contribution is 9.10. The number of carbonyl (C=O) groups excluding carboxylic acids is 1. The number of halogens is 2. The van der Waals surface area contributed by atoms with Crippen LogP contribution in [0.3, 0.4) is 0 Å². The Labute approximate surface area is 159 Å². The summed E-state index contributed by atoms with van der Waals surface area (Å²) in [5.74, 6) is 0.566. The van der Waals surface area contributed by atoms with Crippen molar-refractivity contribution in [2.24, 2.45) is 0 Å². The molecule has 0 N–H and O–H groups in total. The number of rotatable bonds is 4. The van der Waals surface area contributed by atoms with Crippen LogP contribution in [0.2, 0.25) is 5.02 Å². The molecule has 0 spiro atoms. The van der Waals surface area contributed by atoms with E-state index in [-0.39, 0.29) is 12.0 Å². The molecule has 0 aliphatic carbocycles. The molecule has 1 atom stereocenters. The Morgan fingerprint density at radius 3 is 2.84 bits per heavy atom. The molecule has 8 heteroatoms. The van der Waals surface area contributed by atoms with Gasteiger partial charge >= 0.3 is 0 Å². The maximum atomic E-state index is 12.8. The molecule has 0 saturated carbocycles. The van der Waals surface area contributed by atoms with Crippen molar-refractivity contribution < 1.29 is 14.3 Å². The van der Waals surface area contributed by atoms with E-state index in [4.69, 9.17) is 21.1 Å². The van der Waals surface area contributed by atoms with Gasteiger partial charge in [0.2, 0.25) is 0 Å². The molecule has 2 aromatic rings. The van der Waals surface area contributed by atoms with E-state index in [1.807, 2.05) is 6.07 Å².